The molecule has 0 aromatic carbocycles. The van der Waals surface area contributed by atoms with E-state index in [9.17, 15) is 4.79 Å². The van der Waals surface area contributed by atoms with Crippen LogP contribution in [-0.4, -0.2) is 43.6 Å². The minimum absolute atomic E-state index is 0.0290. The summed E-state index contributed by atoms with van der Waals surface area (Å²) < 4.78 is 1.89. The third-order valence-electron chi connectivity index (χ3n) is 1.65. The van der Waals surface area contributed by atoms with Gasteiger partial charge in [-0.15, -0.1) is 10.2 Å². The summed E-state index contributed by atoms with van der Waals surface area (Å²) in [6, 6.07) is 0. The zero-order valence-electron chi connectivity index (χ0n) is 8.42. The van der Waals surface area contributed by atoms with Crippen LogP contribution in [0.5, 0.6) is 0 Å². The summed E-state index contributed by atoms with van der Waals surface area (Å²) in [7, 11) is 0. The standard InChI is InChI=1S/C8H13N3O2S2/c1-14-4-2-3-11-6-9-10-8(11)15-5-7(12)13/h6H,2-5H2,1H3,(H,12,13). The SMILES string of the molecule is CSCCCn1cnnc1SCC(=O)O. The summed E-state index contributed by atoms with van der Waals surface area (Å²) in [5.74, 6) is 0.279. The second kappa shape index (κ2) is 6.73. The highest BCUT2D eigenvalue weighted by molar-refractivity contribution is 7.99. The molecule has 7 heteroatoms. The van der Waals surface area contributed by atoms with Gasteiger partial charge in [0, 0.05) is 6.54 Å². The number of carboxylic acid groups (broad SMARTS) is 1. The Morgan fingerprint density at radius 2 is 2.47 bits per heavy atom. The molecule has 1 aromatic rings. The van der Waals surface area contributed by atoms with Gasteiger partial charge < -0.3 is 9.67 Å². The molecular weight excluding hydrogens is 234 g/mol. The van der Waals surface area contributed by atoms with Crippen LogP contribution in [0.1, 0.15) is 6.42 Å². The Morgan fingerprint density at radius 3 is 3.13 bits per heavy atom. The molecule has 0 saturated carbocycles. The van der Waals surface area contributed by atoms with Crippen molar-refractivity contribution >= 4 is 29.5 Å². The van der Waals surface area contributed by atoms with Gasteiger partial charge in [-0.05, 0) is 18.4 Å². The van der Waals surface area contributed by atoms with E-state index < -0.39 is 5.97 Å². The fraction of sp³-hybridized carbons (Fsp3) is 0.625. The predicted molar refractivity (Wildman–Crippen MR) is 61.4 cm³/mol. The molecule has 1 N–H and O–H groups in total. The fourth-order valence-electron chi connectivity index (χ4n) is 1.02. The first kappa shape index (κ1) is 12.4. The highest BCUT2D eigenvalue weighted by Crippen LogP contribution is 2.14. The lowest BCUT2D eigenvalue weighted by molar-refractivity contribution is -0.133. The van der Waals surface area contributed by atoms with E-state index in [1.54, 1.807) is 18.1 Å². The molecule has 0 aliphatic rings. The molecule has 1 aromatic heterocycles. The molecule has 5 nitrogen and oxygen atoms in total. The van der Waals surface area contributed by atoms with E-state index in [1.165, 1.54) is 11.8 Å². The van der Waals surface area contributed by atoms with Crippen LogP contribution < -0.4 is 0 Å². The van der Waals surface area contributed by atoms with Crippen LogP contribution in [0.25, 0.3) is 0 Å². The Bertz CT molecular complexity index is 317. The molecule has 1 heterocycles. The van der Waals surface area contributed by atoms with Gasteiger partial charge in [0.25, 0.3) is 0 Å². The van der Waals surface area contributed by atoms with E-state index in [0.29, 0.717) is 5.16 Å². The topological polar surface area (TPSA) is 68.0 Å². The number of aryl methyl sites for hydroxylation is 1. The Labute approximate surface area is 96.6 Å². The van der Waals surface area contributed by atoms with Crippen molar-refractivity contribution in [3.05, 3.63) is 6.33 Å². The maximum atomic E-state index is 10.4. The molecule has 0 unspecified atom stereocenters. The number of aliphatic carboxylic acids is 1. The van der Waals surface area contributed by atoms with Gasteiger partial charge in [-0.3, -0.25) is 4.79 Å². The maximum absolute atomic E-state index is 10.4. The highest BCUT2D eigenvalue weighted by atomic mass is 32.2. The molecule has 0 spiro atoms. The van der Waals surface area contributed by atoms with Crippen LogP contribution in [0, 0.1) is 0 Å². The summed E-state index contributed by atoms with van der Waals surface area (Å²) >= 11 is 3.00. The molecule has 15 heavy (non-hydrogen) atoms. The molecule has 0 bridgehead atoms. The predicted octanol–water partition coefficient (Wildman–Crippen LogP) is 1.21. The number of aromatic nitrogens is 3. The number of thioether (sulfide) groups is 2. The number of hydrogen-bond donors (Lipinski definition) is 1. The Hall–Kier alpha value is -0.690. The second-order valence-corrected chi connectivity index (χ2v) is 4.76. The number of rotatable bonds is 7. The van der Waals surface area contributed by atoms with Crippen molar-refractivity contribution in [1.82, 2.24) is 14.8 Å². The van der Waals surface area contributed by atoms with E-state index in [1.807, 2.05) is 4.57 Å². The van der Waals surface area contributed by atoms with E-state index in [0.717, 1.165) is 18.7 Å². The smallest absolute Gasteiger partial charge is 0.313 e. The minimum atomic E-state index is -0.835. The monoisotopic (exact) mass is 247 g/mol. The van der Waals surface area contributed by atoms with Crippen LogP contribution in [0.4, 0.5) is 0 Å². The first-order valence-electron chi connectivity index (χ1n) is 4.45. The van der Waals surface area contributed by atoms with Crippen LogP contribution in [0.2, 0.25) is 0 Å². The molecule has 0 radical (unpaired) electrons. The Morgan fingerprint density at radius 1 is 1.67 bits per heavy atom. The summed E-state index contributed by atoms with van der Waals surface area (Å²) in [4.78, 5) is 10.4. The fourth-order valence-corrected chi connectivity index (χ4v) is 2.09. The van der Waals surface area contributed by atoms with Crippen molar-refractivity contribution in [1.29, 1.82) is 0 Å². The van der Waals surface area contributed by atoms with Gasteiger partial charge in [-0.25, -0.2) is 0 Å². The van der Waals surface area contributed by atoms with E-state index in [2.05, 4.69) is 16.5 Å². The number of carboxylic acids is 1. The quantitative estimate of drug-likeness (QED) is 0.577. The van der Waals surface area contributed by atoms with Crippen molar-refractivity contribution in [2.24, 2.45) is 0 Å². The lowest BCUT2D eigenvalue weighted by Gasteiger charge is -2.03. The normalized spacial score (nSPS) is 10.5. The molecule has 0 fully saturated rings. The van der Waals surface area contributed by atoms with Gasteiger partial charge in [0.05, 0.1) is 5.75 Å². The summed E-state index contributed by atoms with van der Waals surface area (Å²) in [5, 5.41) is 16.9. The molecule has 0 aliphatic heterocycles. The van der Waals surface area contributed by atoms with Crippen LogP contribution in [0.15, 0.2) is 11.5 Å². The molecular formula is C8H13N3O2S2. The number of carbonyl (C=O) groups is 1. The summed E-state index contributed by atoms with van der Waals surface area (Å²) in [6.45, 7) is 0.843. The first-order valence-corrected chi connectivity index (χ1v) is 6.83. The van der Waals surface area contributed by atoms with Crippen molar-refractivity contribution in [3.8, 4) is 0 Å². The van der Waals surface area contributed by atoms with Gasteiger partial charge in [0.2, 0.25) is 0 Å². The van der Waals surface area contributed by atoms with Crippen molar-refractivity contribution < 1.29 is 9.90 Å². The Kier molecular flexibility index (Phi) is 5.56. The third-order valence-corrected chi connectivity index (χ3v) is 3.31. The lowest BCUT2D eigenvalue weighted by atomic mass is 10.5. The molecule has 0 amide bonds. The molecule has 1 rings (SSSR count). The molecule has 0 atom stereocenters. The summed E-state index contributed by atoms with van der Waals surface area (Å²) in [6.07, 6.45) is 4.75. The number of hydrogen-bond acceptors (Lipinski definition) is 5. The van der Waals surface area contributed by atoms with Crippen molar-refractivity contribution in [2.45, 2.75) is 18.1 Å². The zero-order valence-corrected chi connectivity index (χ0v) is 10.1. The molecule has 84 valence electrons. The van der Waals surface area contributed by atoms with Crippen molar-refractivity contribution in [3.63, 3.8) is 0 Å². The van der Waals surface area contributed by atoms with Gasteiger partial charge in [-0.2, -0.15) is 11.8 Å². The average molecular weight is 247 g/mol. The third kappa shape index (κ3) is 4.57. The lowest BCUT2D eigenvalue weighted by Crippen LogP contribution is -2.03. The molecule has 0 aliphatic carbocycles. The van der Waals surface area contributed by atoms with Crippen LogP contribution in [-0.2, 0) is 11.3 Å². The number of nitrogens with zero attached hydrogens (tertiary/aromatic N) is 3. The van der Waals surface area contributed by atoms with E-state index in [-0.39, 0.29) is 5.75 Å². The van der Waals surface area contributed by atoms with Gasteiger partial charge in [0.1, 0.15) is 6.33 Å². The summed E-state index contributed by atoms with van der Waals surface area (Å²) in [5.41, 5.74) is 0. The van der Waals surface area contributed by atoms with E-state index in [4.69, 9.17) is 5.11 Å². The average Bonchev–Trinajstić information content (AvgIpc) is 2.63. The maximum Gasteiger partial charge on any atom is 0.313 e. The first-order chi connectivity index (χ1) is 7.24. The zero-order chi connectivity index (χ0) is 11.1. The van der Waals surface area contributed by atoms with Gasteiger partial charge in [0.15, 0.2) is 5.16 Å². The van der Waals surface area contributed by atoms with Crippen LogP contribution >= 0.6 is 23.5 Å². The van der Waals surface area contributed by atoms with Crippen LogP contribution in [0.3, 0.4) is 0 Å². The minimum Gasteiger partial charge on any atom is -0.481 e. The second-order valence-electron chi connectivity index (χ2n) is 2.84. The van der Waals surface area contributed by atoms with Gasteiger partial charge in [-0.1, -0.05) is 11.8 Å². The van der Waals surface area contributed by atoms with Crippen molar-refractivity contribution in [2.75, 3.05) is 17.8 Å². The highest BCUT2D eigenvalue weighted by Gasteiger charge is 2.06. The van der Waals surface area contributed by atoms with E-state index >= 15 is 0 Å². The Balaban J connectivity index is 2.42. The van der Waals surface area contributed by atoms with Gasteiger partial charge >= 0.3 is 5.97 Å². The largest absolute Gasteiger partial charge is 0.481 e. The molecule has 0 saturated heterocycles.